The number of nitrogens with one attached hydrogen (secondary N) is 2. The molecule has 0 radical (unpaired) electrons. The fourth-order valence-electron chi connectivity index (χ4n) is 7.23. The van der Waals surface area contributed by atoms with E-state index in [2.05, 4.69) is 25.3 Å². The molecule has 5 heterocycles. The van der Waals surface area contributed by atoms with E-state index in [0.29, 0.717) is 36.6 Å². The van der Waals surface area contributed by atoms with Gasteiger partial charge in [0.1, 0.15) is 38.7 Å². The predicted molar refractivity (Wildman–Crippen MR) is 221 cm³/mol. The molecular weight excluding hydrogens is 733 g/mol. The summed E-state index contributed by atoms with van der Waals surface area (Å²) < 4.78 is 144. The SMILES string of the molecule is [2H]C1([2H])N(c2ccc3c(c2)[Si](C)(C)C2=CC(=[N+]4C([2H])([2H])C([2H])([2H])C([2H])([2H])C4([2H])[2H])C=CC2=C3c2cc(C(=O)NCc3ccc(COc4nc(N)nc5nc[nH]c45)cc3)ccc2C(=O)[O-])C([2H])([2H])C([2H])([2H])C1([2H])[2H]. The van der Waals surface area contributed by atoms with E-state index in [1.165, 1.54) is 54.9 Å². The molecule has 2 aromatic heterocycles. The van der Waals surface area contributed by atoms with E-state index >= 15 is 0 Å². The predicted octanol–water partition coefficient (Wildman–Crippen LogP) is 4.42. The lowest BCUT2D eigenvalue weighted by Gasteiger charge is -2.38. The molecule has 3 aliphatic heterocycles. The number of anilines is 2. The Morgan fingerprint density at radius 1 is 0.982 bits per heavy atom. The summed E-state index contributed by atoms with van der Waals surface area (Å²) in [6, 6.07) is 14.8. The van der Waals surface area contributed by atoms with E-state index < -0.39 is 77.0 Å². The molecule has 5 aromatic rings. The average Bonchev–Trinajstić information content (AvgIpc) is 3.82. The number of carbonyl (C=O) groups excluding carboxylic acids is 2. The summed E-state index contributed by atoms with van der Waals surface area (Å²) in [5, 5.41) is 16.5. The Bertz CT molecular complexity index is 3280. The molecule has 0 saturated carbocycles. The number of hydrogen-bond donors (Lipinski definition) is 3. The van der Waals surface area contributed by atoms with Gasteiger partial charge in [-0.15, -0.1) is 0 Å². The Balaban J connectivity index is 1.14. The number of imidazole rings is 1. The summed E-state index contributed by atoms with van der Waals surface area (Å²) >= 11 is 0. The number of carboxylic acids is 1. The molecule has 2 fully saturated rings. The van der Waals surface area contributed by atoms with Gasteiger partial charge in [-0.25, -0.2) is 9.56 Å². The number of carboxylic acid groups (broad SMARTS) is 1. The normalized spacial score (nSPS) is 28.4. The molecule has 9 rings (SSSR count). The number of aromatic nitrogens is 4. The number of ether oxygens (including phenoxy) is 1. The maximum Gasteiger partial charge on any atom is 0.251 e. The van der Waals surface area contributed by atoms with Crippen LogP contribution in [-0.4, -0.2) is 76.2 Å². The number of aromatic carboxylic acids is 1. The van der Waals surface area contributed by atoms with Gasteiger partial charge in [0, 0.05) is 77.7 Å². The maximum absolute atomic E-state index is 14.0. The molecule has 13 heteroatoms. The van der Waals surface area contributed by atoms with Crippen molar-refractivity contribution in [2.75, 3.05) is 36.6 Å². The highest BCUT2D eigenvalue weighted by molar-refractivity contribution is 6.98. The number of rotatable bonds is 9. The Morgan fingerprint density at radius 2 is 1.75 bits per heavy atom. The minimum atomic E-state index is -3.47. The Hall–Kier alpha value is -6.34. The summed E-state index contributed by atoms with van der Waals surface area (Å²) in [5.74, 6) is -2.11. The third-order valence-corrected chi connectivity index (χ3v) is 13.6. The second-order valence-electron chi connectivity index (χ2n) is 13.9. The topological polar surface area (TPSA) is 165 Å². The van der Waals surface area contributed by atoms with Gasteiger partial charge in [0.2, 0.25) is 11.8 Å². The molecule has 0 spiro atoms. The minimum Gasteiger partial charge on any atom is -0.545 e. The lowest BCUT2D eigenvalue weighted by atomic mass is 9.86. The highest BCUT2D eigenvalue weighted by atomic mass is 28.3. The summed E-state index contributed by atoms with van der Waals surface area (Å²) in [6.07, 6.45) is -8.17. The van der Waals surface area contributed by atoms with Crippen molar-refractivity contribution in [3.63, 3.8) is 0 Å². The monoisotopic (exact) mass is 792 g/mol. The van der Waals surface area contributed by atoms with Gasteiger partial charge < -0.3 is 35.6 Å². The smallest absolute Gasteiger partial charge is 0.251 e. The number of nitrogen functional groups attached to an aromatic ring is 1. The summed E-state index contributed by atoms with van der Waals surface area (Å²) in [6.45, 7) is -9.52. The molecule has 4 N–H and O–H groups in total. The van der Waals surface area contributed by atoms with Crippen LogP contribution in [0.1, 0.15) is 90.4 Å². The van der Waals surface area contributed by atoms with Gasteiger partial charge in [-0.05, 0) is 86.9 Å². The number of amides is 1. The van der Waals surface area contributed by atoms with Crippen molar-refractivity contribution >= 4 is 59.2 Å². The van der Waals surface area contributed by atoms with Crippen LogP contribution in [0.3, 0.4) is 0 Å². The first kappa shape index (κ1) is 22.4. The lowest BCUT2D eigenvalue weighted by Crippen LogP contribution is -2.50. The number of allylic oxidation sites excluding steroid dienone is 5. The van der Waals surface area contributed by atoms with Crippen LogP contribution in [0.2, 0.25) is 13.1 Å². The van der Waals surface area contributed by atoms with E-state index in [0.717, 1.165) is 11.6 Å². The average molecular weight is 793 g/mol. The molecule has 1 amide bonds. The zero-order chi connectivity index (χ0) is 53.6. The van der Waals surface area contributed by atoms with E-state index in [9.17, 15) is 14.7 Å². The highest BCUT2D eigenvalue weighted by Gasteiger charge is 2.41. The Morgan fingerprint density at radius 3 is 2.53 bits per heavy atom. The molecule has 12 nitrogen and oxygen atoms in total. The lowest BCUT2D eigenvalue weighted by molar-refractivity contribution is -0.504. The van der Waals surface area contributed by atoms with Gasteiger partial charge in [0.25, 0.3) is 5.91 Å². The van der Waals surface area contributed by atoms with Crippen LogP contribution in [0, 0.1) is 0 Å². The number of carbonyl (C=O) groups is 2. The summed E-state index contributed by atoms with van der Waals surface area (Å²) in [5.41, 5.74) is 7.61. The van der Waals surface area contributed by atoms with Gasteiger partial charge in [-0.1, -0.05) is 49.5 Å². The van der Waals surface area contributed by atoms with E-state index in [4.69, 9.17) is 32.4 Å². The molecule has 57 heavy (non-hydrogen) atoms. The van der Waals surface area contributed by atoms with Gasteiger partial charge >= 0.3 is 0 Å². The van der Waals surface area contributed by atoms with Crippen molar-refractivity contribution in [3.05, 3.63) is 129 Å². The molecule has 0 atom stereocenters. The van der Waals surface area contributed by atoms with Crippen LogP contribution in [0.25, 0.3) is 16.7 Å². The molecular formula is C44H44N8O4Si. The standard InChI is InChI=1S/C44H44N8O4Si/c1-57(2)36-22-30(51-17-3-4-18-51)12-15-33(36)38(34-16-13-31(23-37(34)57)52-19-5-6-20-52)35-21-29(11-14-32(35)43(54)55)41(53)46-24-27-7-9-28(10-8-27)25-56-42-39-40(48-26-47-39)49-44(45)50-42/h7-16,21-23,26H,3-6,17-20,24-25H2,1-2H3,(H4-,45,46,47,48,49,50,53,54,55)/i3D2,4D2,5D2,6D2,17D2,18D2,19D2,20D2. The number of benzene rings is 3. The molecule has 4 aliphatic rings. The van der Waals surface area contributed by atoms with Crippen LogP contribution in [-0.2, 0) is 13.2 Å². The van der Waals surface area contributed by atoms with Crippen molar-refractivity contribution in [2.45, 2.75) is 51.7 Å². The van der Waals surface area contributed by atoms with Gasteiger partial charge in [-0.3, -0.25) is 4.79 Å². The van der Waals surface area contributed by atoms with Crippen molar-refractivity contribution < 1.29 is 45.9 Å². The van der Waals surface area contributed by atoms with E-state index in [-0.39, 0.29) is 64.2 Å². The van der Waals surface area contributed by atoms with E-state index in [1.807, 2.05) is 0 Å². The van der Waals surface area contributed by atoms with Gasteiger partial charge in [0.15, 0.2) is 11.4 Å². The Labute approximate surface area is 354 Å². The second-order valence-corrected chi connectivity index (χ2v) is 18.2. The number of hydrogen-bond acceptors (Lipinski definition) is 9. The zero-order valence-electron chi connectivity index (χ0n) is 46.4. The van der Waals surface area contributed by atoms with Crippen molar-refractivity contribution in [3.8, 4) is 5.88 Å². The third-order valence-electron chi connectivity index (χ3n) is 10.1. The molecule has 0 bridgehead atoms. The van der Waals surface area contributed by atoms with Crippen LogP contribution in [0.4, 0.5) is 11.6 Å². The fourth-order valence-corrected chi connectivity index (χ4v) is 10.3. The molecule has 2 saturated heterocycles. The van der Waals surface area contributed by atoms with Gasteiger partial charge in [-0.2, -0.15) is 9.97 Å². The zero-order valence-corrected chi connectivity index (χ0v) is 31.4. The summed E-state index contributed by atoms with van der Waals surface area (Å²) in [7, 11) is -3.47. The van der Waals surface area contributed by atoms with Crippen LogP contribution in [0.15, 0.2) is 96.0 Å². The van der Waals surface area contributed by atoms with Crippen molar-refractivity contribution in [1.82, 2.24) is 25.3 Å². The van der Waals surface area contributed by atoms with Crippen molar-refractivity contribution in [2.24, 2.45) is 0 Å². The first-order valence-electron chi connectivity index (χ1n) is 25.7. The number of aromatic amines is 1. The fraction of sp³-hybridized carbons (Fsp3) is 0.273. The first-order chi connectivity index (χ1) is 33.7. The molecule has 1 aliphatic carbocycles. The van der Waals surface area contributed by atoms with Crippen molar-refractivity contribution in [1.29, 1.82) is 0 Å². The quantitative estimate of drug-likeness (QED) is 0.145. The minimum absolute atomic E-state index is 0.0162. The number of nitrogens with two attached hydrogens (primary N) is 1. The van der Waals surface area contributed by atoms with Crippen LogP contribution >= 0.6 is 0 Å². The molecule has 0 unspecified atom stereocenters. The molecule has 288 valence electrons. The van der Waals surface area contributed by atoms with Crippen LogP contribution < -0.4 is 31.0 Å². The number of fused-ring (bicyclic) bond motifs is 3. The maximum atomic E-state index is 14.0. The summed E-state index contributed by atoms with van der Waals surface area (Å²) in [4.78, 5) is 42.6. The van der Waals surface area contributed by atoms with Crippen LogP contribution in [0.5, 0.6) is 5.88 Å². The Kier molecular flexibility index (Phi) is 5.75. The number of H-pyrrole nitrogens is 1. The number of nitrogens with zero attached hydrogens (tertiary/aromatic N) is 5. The largest absolute Gasteiger partial charge is 0.545 e. The first-order valence-corrected chi connectivity index (χ1v) is 20.7. The highest BCUT2D eigenvalue weighted by Crippen LogP contribution is 2.43. The molecule has 3 aromatic carbocycles. The second kappa shape index (κ2) is 14.6. The van der Waals surface area contributed by atoms with E-state index in [1.54, 1.807) is 37.4 Å². The third kappa shape index (κ3) is 6.81. The van der Waals surface area contributed by atoms with Gasteiger partial charge in [0.05, 0.1) is 12.3 Å².